The predicted molar refractivity (Wildman–Crippen MR) is 123 cm³/mol. The Morgan fingerprint density at radius 2 is 1.65 bits per heavy atom. The number of esters is 2. The van der Waals surface area contributed by atoms with E-state index in [2.05, 4.69) is 4.99 Å². The van der Waals surface area contributed by atoms with Crippen molar-refractivity contribution in [2.75, 3.05) is 7.11 Å². The van der Waals surface area contributed by atoms with E-state index < -0.39 is 11.9 Å². The standard InChI is InChI=1S/C24H16ClNO4S/c1-29-23(27)16-9-3-5-11-18(16)26-14-15-8-2-6-12-19(15)30-24(28)22-21(25)17-10-4-7-13-20(17)31-22/h2-14H,1H3. The number of thiophene rings is 1. The average Bonchev–Trinajstić information content (AvgIpc) is 3.15. The van der Waals surface area contributed by atoms with Gasteiger partial charge in [-0.3, -0.25) is 4.99 Å². The molecule has 31 heavy (non-hydrogen) atoms. The molecule has 5 nitrogen and oxygen atoms in total. The topological polar surface area (TPSA) is 65.0 Å². The molecule has 0 aliphatic rings. The van der Waals surface area contributed by atoms with Crippen molar-refractivity contribution in [2.45, 2.75) is 0 Å². The fourth-order valence-corrected chi connectivity index (χ4v) is 4.36. The highest BCUT2D eigenvalue weighted by atomic mass is 35.5. The molecule has 0 bridgehead atoms. The number of halogens is 1. The first-order valence-corrected chi connectivity index (χ1v) is 10.5. The third-order valence-electron chi connectivity index (χ3n) is 4.49. The first-order chi connectivity index (χ1) is 15.1. The summed E-state index contributed by atoms with van der Waals surface area (Å²) in [5.74, 6) is -0.686. The number of carbonyl (C=O) groups is 2. The van der Waals surface area contributed by atoms with Crippen LogP contribution in [0.15, 0.2) is 77.8 Å². The van der Waals surface area contributed by atoms with Crippen molar-refractivity contribution in [3.63, 3.8) is 0 Å². The summed E-state index contributed by atoms with van der Waals surface area (Å²) >= 11 is 7.68. The van der Waals surface area contributed by atoms with Crippen LogP contribution in [0.2, 0.25) is 5.02 Å². The predicted octanol–water partition coefficient (Wildman–Crippen LogP) is 6.31. The highest BCUT2D eigenvalue weighted by Gasteiger charge is 2.20. The molecule has 0 fully saturated rings. The second-order valence-electron chi connectivity index (χ2n) is 6.44. The number of ether oxygens (including phenoxy) is 2. The number of rotatable bonds is 5. The lowest BCUT2D eigenvalue weighted by atomic mass is 10.1. The van der Waals surface area contributed by atoms with E-state index in [1.165, 1.54) is 24.7 Å². The van der Waals surface area contributed by atoms with Crippen LogP contribution in [0.25, 0.3) is 10.1 Å². The molecule has 0 aliphatic heterocycles. The summed E-state index contributed by atoms with van der Waals surface area (Å²) < 4.78 is 11.3. The quantitative estimate of drug-likeness (QED) is 0.203. The minimum Gasteiger partial charge on any atom is -0.465 e. The van der Waals surface area contributed by atoms with Gasteiger partial charge in [0.1, 0.15) is 10.6 Å². The van der Waals surface area contributed by atoms with Gasteiger partial charge in [0, 0.05) is 21.9 Å². The Morgan fingerprint density at radius 3 is 2.45 bits per heavy atom. The summed E-state index contributed by atoms with van der Waals surface area (Å²) in [5, 5.41) is 1.19. The first kappa shape index (κ1) is 20.8. The second kappa shape index (κ2) is 9.12. The van der Waals surface area contributed by atoms with E-state index in [-0.39, 0.29) is 0 Å². The van der Waals surface area contributed by atoms with Gasteiger partial charge >= 0.3 is 11.9 Å². The maximum Gasteiger partial charge on any atom is 0.355 e. The molecule has 7 heteroatoms. The number of carbonyl (C=O) groups excluding carboxylic acids is 2. The molecule has 0 N–H and O–H groups in total. The zero-order valence-electron chi connectivity index (χ0n) is 16.4. The fourth-order valence-electron chi connectivity index (χ4n) is 2.98. The Kier molecular flexibility index (Phi) is 6.11. The molecule has 4 aromatic rings. The van der Waals surface area contributed by atoms with Crippen LogP contribution in [-0.2, 0) is 4.74 Å². The number of fused-ring (bicyclic) bond motifs is 1. The number of aliphatic imine (C=N–C) groups is 1. The summed E-state index contributed by atoms with van der Waals surface area (Å²) in [6, 6.07) is 21.4. The van der Waals surface area contributed by atoms with Crippen LogP contribution < -0.4 is 4.74 Å². The highest BCUT2D eigenvalue weighted by Crippen LogP contribution is 2.36. The van der Waals surface area contributed by atoms with Crippen molar-refractivity contribution in [2.24, 2.45) is 4.99 Å². The molecule has 3 aromatic carbocycles. The third kappa shape index (κ3) is 4.35. The zero-order chi connectivity index (χ0) is 21.8. The van der Waals surface area contributed by atoms with Crippen LogP contribution in [0.4, 0.5) is 5.69 Å². The van der Waals surface area contributed by atoms with Crippen molar-refractivity contribution in [1.29, 1.82) is 0 Å². The summed E-state index contributed by atoms with van der Waals surface area (Å²) in [4.78, 5) is 29.5. The molecule has 0 spiro atoms. The summed E-state index contributed by atoms with van der Waals surface area (Å²) in [6.45, 7) is 0. The molecule has 0 unspecified atom stereocenters. The molecule has 0 radical (unpaired) electrons. The van der Waals surface area contributed by atoms with E-state index in [9.17, 15) is 9.59 Å². The number of benzene rings is 3. The van der Waals surface area contributed by atoms with Crippen LogP contribution in [0.5, 0.6) is 5.75 Å². The van der Waals surface area contributed by atoms with Crippen molar-refractivity contribution in [1.82, 2.24) is 0 Å². The molecule has 0 amide bonds. The normalized spacial score (nSPS) is 11.0. The van der Waals surface area contributed by atoms with Gasteiger partial charge in [-0.2, -0.15) is 0 Å². The Hall–Kier alpha value is -3.48. The number of hydrogen-bond donors (Lipinski definition) is 0. The van der Waals surface area contributed by atoms with Crippen molar-refractivity contribution in [3.05, 3.63) is 93.8 Å². The Balaban J connectivity index is 1.62. The molecule has 0 saturated carbocycles. The average molecular weight is 450 g/mol. The fraction of sp³-hybridized carbons (Fsp3) is 0.0417. The summed E-state index contributed by atoms with van der Waals surface area (Å²) in [5.41, 5.74) is 1.36. The smallest absolute Gasteiger partial charge is 0.355 e. The van der Waals surface area contributed by atoms with Crippen molar-refractivity contribution in [3.8, 4) is 5.75 Å². The van der Waals surface area contributed by atoms with Gasteiger partial charge in [-0.05, 0) is 30.3 Å². The van der Waals surface area contributed by atoms with Crippen LogP contribution in [0, 0.1) is 0 Å². The second-order valence-corrected chi connectivity index (χ2v) is 7.87. The summed E-state index contributed by atoms with van der Waals surface area (Å²) in [6.07, 6.45) is 1.54. The van der Waals surface area contributed by atoms with E-state index in [0.29, 0.717) is 32.5 Å². The molecule has 0 atom stereocenters. The van der Waals surface area contributed by atoms with Crippen molar-refractivity contribution >= 4 is 56.9 Å². The SMILES string of the molecule is COC(=O)c1ccccc1N=Cc1ccccc1OC(=O)c1sc2ccccc2c1Cl. The molecular formula is C24H16ClNO4S. The van der Waals surface area contributed by atoms with E-state index in [4.69, 9.17) is 21.1 Å². The lowest BCUT2D eigenvalue weighted by Crippen LogP contribution is -2.08. The number of hydrogen-bond acceptors (Lipinski definition) is 6. The van der Waals surface area contributed by atoms with Crippen LogP contribution in [0.1, 0.15) is 25.6 Å². The minimum absolute atomic E-state index is 0.334. The van der Waals surface area contributed by atoms with Gasteiger partial charge in [-0.25, -0.2) is 9.59 Å². The molecular weight excluding hydrogens is 434 g/mol. The van der Waals surface area contributed by atoms with Gasteiger partial charge in [-0.15, -0.1) is 11.3 Å². The monoisotopic (exact) mass is 449 g/mol. The lowest BCUT2D eigenvalue weighted by molar-refractivity contribution is 0.0601. The van der Waals surface area contributed by atoms with Gasteiger partial charge < -0.3 is 9.47 Å². The molecule has 0 saturated heterocycles. The first-order valence-electron chi connectivity index (χ1n) is 9.28. The van der Waals surface area contributed by atoms with E-state index in [0.717, 1.165) is 10.1 Å². The summed E-state index contributed by atoms with van der Waals surface area (Å²) in [7, 11) is 1.32. The maximum absolute atomic E-state index is 12.8. The van der Waals surface area contributed by atoms with Gasteiger partial charge in [0.15, 0.2) is 0 Å². The Labute approximate surface area is 187 Å². The lowest BCUT2D eigenvalue weighted by Gasteiger charge is -2.07. The van der Waals surface area contributed by atoms with Gasteiger partial charge in [0.25, 0.3) is 0 Å². The third-order valence-corrected chi connectivity index (χ3v) is 6.15. The molecule has 4 rings (SSSR count). The minimum atomic E-state index is -0.540. The molecule has 1 aromatic heterocycles. The van der Waals surface area contributed by atoms with Crippen LogP contribution >= 0.6 is 22.9 Å². The van der Waals surface area contributed by atoms with E-state index >= 15 is 0 Å². The molecule has 154 valence electrons. The zero-order valence-corrected chi connectivity index (χ0v) is 17.9. The Bertz CT molecular complexity index is 1310. The molecule has 0 aliphatic carbocycles. The largest absolute Gasteiger partial charge is 0.465 e. The van der Waals surface area contributed by atoms with Gasteiger partial charge in [0.05, 0.1) is 23.4 Å². The molecule has 1 heterocycles. The number of nitrogens with zero attached hydrogens (tertiary/aromatic N) is 1. The Morgan fingerprint density at radius 1 is 0.935 bits per heavy atom. The van der Waals surface area contributed by atoms with Gasteiger partial charge in [-0.1, -0.05) is 54.1 Å². The van der Waals surface area contributed by atoms with Crippen LogP contribution in [0.3, 0.4) is 0 Å². The van der Waals surface area contributed by atoms with Gasteiger partial charge in [0.2, 0.25) is 0 Å². The number of para-hydroxylation sites is 2. The van der Waals surface area contributed by atoms with E-state index in [1.807, 2.05) is 24.3 Å². The van der Waals surface area contributed by atoms with Crippen molar-refractivity contribution < 1.29 is 19.1 Å². The van der Waals surface area contributed by atoms with Crippen LogP contribution in [-0.4, -0.2) is 25.3 Å². The maximum atomic E-state index is 12.8. The number of methoxy groups -OCH3 is 1. The van der Waals surface area contributed by atoms with E-state index in [1.54, 1.807) is 48.5 Å². The highest BCUT2D eigenvalue weighted by molar-refractivity contribution is 7.21.